The van der Waals surface area contributed by atoms with E-state index in [4.69, 9.17) is 10.7 Å². The number of benzene rings is 1. The van der Waals surface area contributed by atoms with Crippen LogP contribution in [-0.4, -0.2) is 21.0 Å². The quantitative estimate of drug-likeness (QED) is 0.548. The molecule has 0 saturated heterocycles. The zero-order valence-electron chi connectivity index (χ0n) is 16.2. The Labute approximate surface area is 174 Å². The van der Waals surface area contributed by atoms with Crippen LogP contribution in [-0.2, 0) is 0 Å². The molecule has 0 bridgehead atoms. The number of nitrogens with two attached hydrogens (primary N) is 1. The van der Waals surface area contributed by atoms with Gasteiger partial charge in [-0.3, -0.25) is 4.72 Å². The van der Waals surface area contributed by atoms with Gasteiger partial charge in [0.2, 0.25) is 0 Å². The summed E-state index contributed by atoms with van der Waals surface area (Å²) in [6, 6.07) is 7.12. The lowest BCUT2D eigenvalue weighted by molar-refractivity contribution is 0.423. The van der Waals surface area contributed by atoms with Crippen molar-refractivity contribution in [3.8, 4) is 21.8 Å². The lowest BCUT2D eigenvalue weighted by atomic mass is 9.96. The second kappa shape index (κ2) is 8.59. The van der Waals surface area contributed by atoms with Crippen LogP contribution in [0.2, 0.25) is 0 Å². The Bertz CT molecular complexity index is 963. The molecule has 1 aliphatic rings. The summed E-state index contributed by atoms with van der Waals surface area (Å²) < 4.78 is 3.64. The molecule has 28 heavy (non-hydrogen) atoms. The first-order valence-electron chi connectivity index (χ1n) is 9.69. The van der Waals surface area contributed by atoms with Crippen LogP contribution in [0.15, 0.2) is 35.5 Å². The van der Waals surface area contributed by atoms with E-state index in [9.17, 15) is 0 Å². The molecule has 3 aromatic rings. The predicted molar refractivity (Wildman–Crippen MR) is 118 cm³/mol. The Morgan fingerprint density at radius 3 is 2.68 bits per heavy atom. The fourth-order valence-electron chi connectivity index (χ4n) is 3.49. The van der Waals surface area contributed by atoms with E-state index in [0.29, 0.717) is 17.6 Å². The Hall–Kier alpha value is -1.96. The third-order valence-corrected chi connectivity index (χ3v) is 6.95. The molecular formula is C21H25N5S2. The van der Waals surface area contributed by atoms with Crippen molar-refractivity contribution in [2.24, 2.45) is 0 Å². The summed E-state index contributed by atoms with van der Waals surface area (Å²) in [4.78, 5) is 15.7. The molecule has 1 fully saturated rings. The van der Waals surface area contributed by atoms with Crippen molar-refractivity contribution in [1.82, 2.24) is 19.7 Å². The number of hydrogen-bond donors (Lipinski definition) is 2. The molecule has 1 aliphatic carbocycles. The highest BCUT2D eigenvalue weighted by Crippen LogP contribution is 2.32. The number of aromatic nitrogens is 3. The van der Waals surface area contributed by atoms with Gasteiger partial charge in [0.05, 0.1) is 21.8 Å². The summed E-state index contributed by atoms with van der Waals surface area (Å²) in [6.45, 7) is 4.08. The lowest BCUT2D eigenvalue weighted by Crippen LogP contribution is -2.25. The van der Waals surface area contributed by atoms with Crippen molar-refractivity contribution in [3.05, 3.63) is 41.2 Å². The molecule has 1 saturated carbocycles. The van der Waals surface area contributed by atoms with Gasteiger partial charge in [-0.15, -0.1) is 11.3 Å². The molecule has 146 valence electrons. The van der Waals surface area contributed by atoms with E-state index in [2.05, 4.69) is 39.8 Å². The molecular weight excluding hydrogens is 386 g/mol. The normalized spacial score (nSPS) is 15.1. The monoisotopic (exact) mass is 411 g/mol. The van der Waals surface area contributed by atoms with Crippen molar-refractivity contribution in [2.45, 2.75) is 56.9 Å². The maximum absolute atomic E-state index is 6.10. The van der Waals surface area contributed by atoms with Crippen molar-refractivity contribution in [3.63, 3.8) is 0 Å². The molecule has 7 heteroatoms. The highest BCUT2D eigenvalue weighted by molar-refractivity contribution is 7.97. The topological polar surface area (TPSA) is 76.7 Å². The van der Waals surface area contributed by atoms with Gasteiger partial charge in [-0.1, -0.05) is 25.3 Å². The van der Waals surface area contributed by atoms with Gasteiger partial charge in [-0.2, -0.15) is 0 Å². The average Bonchev–Trinajstić information content (AvgIpc) is 3.15. The first kappa shape index (κ1) is 19.4. The van der Waals surface area contributed by atoms with E-state index in [1.54, 1.807) is 29.5 Å². The van der Waals surface area contributed by atoms with Crippen molar-refractivity contribution in [1.29, 1.82) is 0 Å². The summed E-state index contributed by atoms with van der Waals surface area (Å²) in [5.74, 6) is 0.439. The standard InChI is InChI=1S/C21H25N5S2/c1-13-8-9-16(28-26-15-6-4-3-5-7-15)10-17(13)18-11-24-21(22)20(25-18)19-12-23-14(2)27-19/h8-12,15,26H,3-7H2,1-2H3,(H2,22,24). The van der Waals surface area contributed by atoms with Crippen LogP contribution >= 0.6 is 23.3 Å². The van der Waals surface area contributed by atoms with Gasteiger partial charge in [0, 0.05) is 22.7 Å². The SMILES string of the molecule is Cc1ncc(-c2nc(-c3cc(SNC4CCCCC4)ccc3C)cnc2N)s1. The van der Waals surface area contributed by atoms with Gasteiger partial charge in [-0.05, 0) is 56.3 Å². The van der Waals surface area contributed by atoms with Crippen LogP contribution in [0.4, 0.5) is 5.82 Å². The molecule has 2 aromatic heterocycles. The number of nitrogens with one attached hydrogen (secondary N) is 1. The number of nitrogens with zero attached hydrogens (tertiary/aromatic N) is 3. The van der Waals surface area contributed by atoms with Crippen LogP contribution in [0.3, 0.4) is 0 Å². The lowest BCUT2D eigenvalue weighted by Gasteiger charge is -2.22. The minimum Gasteiger partial charge on any atom is -0.382 e. The van der Waals surface area contributed by atoms with Gasteiger partial charge in [0.25, 0.3) is 0 Å². The second-order valence-electron chi connectivity index (χ2n) is 7.26. The second-order valence-corrected chi connectivity index (χ2v) is 9.41. The zero-order chi connectivity index (χ0) is 19.5. The van der Waals surface area contributed by atoms with Gasteiger partial charge < -0.3 is 5.73 Å². The molecule has 0 amide bonds. The van der Waals surface area contributed by atoms with E-state index < -0.39 is 0 Å². The third-order valence-electron chi connectivity index (χ3n) is 5.09. The summed E-state index contributed by atoms with van der Waals surface area (Å²) >= 11 is 3.30. The first-order valence-corrected chi connectivity index (χ1v) is 11.3. The van der Waals surface area contributed by atoms with Crippen LogP contribution < -0.4 is 10.5 Å². The predicted octanol–water partition coefficient (Wildman–Crippen LogP) is 5.40. The van der Waals surface area contributed by atoms with Crippen molar-refractivity contribution < 1.29 is 0 Å². The minimum atomic E-state index is 0.439. The van der Waals surface area contributed by atoms with Crippen molar-refractivity contribution in [2.75, 3.05) is 5.73 Å². The summed E-state index contributed by atoms with van der Waals surface area (Å²) in [5.41, 5.74) is 9.91. The van der Waals surface area contributed by atoms with Crippen LogP contribution in [0.5, 0.6) is 0 Å². The van der Waals surface area contributed by atoms with Crippen molar-refractivity contribution >= 4 is 29.1 Å². The van der Waals surface area contributed by atoms with E-state index >= 15 is 0 Å². The maximum atomic E-state index is 6.10. The Morgan fingerprint density at radius 1 is 1.11 bits per heavy atom. The number of aryl methyl sites for hydroxylation is 2. The maximum Gasteiger partial charge on any atom is 0.150 e. The van der Waals surface area contributed by atoms with Gasteiger partial charge in [-0.25, -0.2) is 15.0 Å². The Kier molecular flexibility index (Phi) is 5.94. The molecule has 1 aromatic carbocycles. The van der Waals surface area contributed by atoms with E-state index in [-0.39, 0.29) is 0 Å². The fourth-order valence-corrected chi connectivity index (χ4v) is 5.12. The fraction of sp³-hybridized carbons (Fsp3) is 0.381. The number of nitrogen functional groups attached to an aromatic ring is 1. The number of hydrogen-bond acceptors (Lipinski definition) is 7. The summed E-state index contributed by atoms with van der Waals surface area (Å²) in [7, 11) is 0. The molecule has 0 aliphatic heterocycles. The smallest absolute Gasteiger partial charge is 0.150 e. The largest absolute Gasteiger partial charge is 0.382 e. The summed E-state index contributed by atoms with van der Waals surface area (Å²) in [6.07, 6.45) is 10.2. The average molecular weight is 412 g/mol. The Balaban J connectivity index is 1.59. The van der Waals surface area contributed by atoms with E-state index in [1.807, 2.05) is 13.1 Å². The molecule has 0 radical (unpaired) electrons. The number of anilines is 1. The van der Waals surface area contributed by atoms with E-state index in [1.165, 1.54) is 42.6 Å². The van der Waals surface area contributed by atoms with Gasteiger partial charge >= 0.3 is 0 Å². The highest BCUT2D eigenvalue weighted by Gasteiger charge is 2.15. The molecule has 4 rings (SSSR count). The van der Waals surface area contributed by atoms with Crippen LogP contribution in [0.25, 0.3) is 21.8 Å². The third kappa shape index (κ3) is 4.37. The Morgan fingerprint density at radius 2 is 1.93 bits per heavy atom. The minimum absolute atomic E-state index is 0.439. The number of thiazole rings is 1. The number of rotatable bonds is 5. The van der Waals surface area contributed by atoms with Gasteiger partial charge in [0.1, 0.15) is 5.69 Å². The molecule has 2 heterocycles. The molecule has 5 nitrogen and oxygen atoms in total. The van der Waals surface area contributed by atoms with E-state index in [0.717, 1.165) is 21.1 Å². The van der Waals surface area contributed by atoms with Gasteiger partial charge in [0.15, 0.2) is 5.82 Å². The zero-order valence-corrected chi connectivity index (χ0v) is 17.9. The first-order chi connectivity index (χ1) is 13.6. The molecule has 3 N–H and O–H groups in total. The molecule has 0 spiro atoms. The molecule has 0 atom stereocenters. The van der Waals surface area contributed by atoms with Crippen LogP contribution in [0, 0.1) is 13.8 Å². The van der Waals surface area contributed by atoms with Crippen LogP contribution in [0.1, 0.15) is 42.7 Å². The highest BCUT2D eigenvalue weighted by atomic mass is 32.2. The molecule has 0 unspecified atom stereocenters. The summed E-state index contributed by atoms with van der Waals surface area (Å²) in [5, 5.41) is 0.991.